The van der Waals surface area contributed by atoms with Crippen molar-refractivity contribution in [3.63, 3.8) is 0 Å². The van der Waals surface area contributed by atoms with E-state index in [2.05, 4.69) is 124 Å². The molecule has 0 aliphatic carbocycles. The average Bonchev–Trinajstić information content (AvgIpc) is 4.06. The molecule has 4 nitrogen and oxygen atoms in total. The maximum Gasteiger partial charge on any atom is 0.0806 e. The van der Waals surface area contributed by atoms with E-state index in [0.717, 1.165) is 94.9 Å². The third kappa shape index (κ3) is 11.3. The van der Waals surface area contributed by atoms with Crippen LogP contribution in [0.1, 0.15) is 176 Å². The lowest BCUT2D eigenvalue weighted by molar-refractivity contribution is 0.758. The smallest absolute Gasteiger partial charge is 0.0806 e. The van der Waals surface area contributed by atoms with Crippen molar-refractivity contribution in [2.45, 2.75) is 170 Å². The molecule has 0 saturated carbocycles. The summed E-state index contributed by atoms with van der Waals surface area (Å²) in [5.74, 6) is 4.65. The van der Waals surface area contributed by atoms with Crippen LogP contribution in [0.2, 0.25) is 0 Å². The summed E-state index contributed by atoms with van der Waals surface area (Å²) >= 11 is 6.19. The van der Waals surface area contributed by atoms with E-state index < -0.39 is 0 Å². The van der Waals surface area contributed by atoms with Gasteiger partial charge in [-0.05, 0) is 207 Å². The summed E-state index contributed by atoms with van der Waals surface area (Å²) in [5.41, 5.74) is 20.5. The number of nitrogens with zero attached hydrogens (tertiary/aromatic N) is 2. The molecule has 6 aromatic rings. The normalized spacial score (nSPS) is 14.4. The van der Waals surface area contributed by atoms with Crippen LogP contribution in [0.15, 0.2) is 60.7 Å². The Balaban J connectivity index is 1.42. The highest BCUT2D eigenvalue weighted by atomic mass is 32.2. The second-order valence-electron chi connectivity index (χ2n) is 20.0. The molecule has 0 saturated heterocycles. The Bertz CT molecular complexity index is 2780. The first-order valence-corrected chi connectivity index (χ1v) is 30.5. The van der Waals surface area contributed by atoms with Crippen molar-refractivity contribution in [3.8, 4) is 22.5 Å². The van der Waals surface area contributed by atoms with Crippen molar-refractivity contribution in [2.75, 3.05) is 23.0 Å². The van der Waals surface area contributed by atoms with Gasteiger partial charge in [-0.2, -0.15) is 11.8 Å². The van der Waals surface area contributed by atoms with Crippen molar-refractivity contribution >= 4 is 88.7 Å². The fourth-order valence-corrected chi connectivity index (χ4v) is 14.3. The Labute approximate surface area is 426 Å². The van der Waals surface area contributed by atoms with E-state index in [9.17, 15) is 0 Å². The SMILES string of the molecule is CCCCc1cc2c(cc1CCCC)-c1cc3[nH]c(cc4nc(cc5[nH]c(cc-2n1)c1cc(CCCC)c(CCCC)cc51)C1=C4SCCCSCCCS1)c1cc(CCCC)c(CCCC)cc31. The molecule has 7 heteroatoms. The number of aromatic amines is 2. The van der Waals surface area contributed by atoms with Gasteiger partial charge in [0.2, 0.25) is 0 Å². The minimum absolute atomic E-state index is 1.06. The molecule has 0 unspecified atom stereocenters. The number of rotatable bonds is 18. The molecule has 6 heterocycles. The van der Waals surface area contributed by atoms with E-state index in [1.165, 1.54) is 177 Å². The Kier molecular flexibility index (Phi) is 17.4. The maximum absolute atomic E-state index is 5.73. The van der Waals surface area contributed by atoms with Gasteiger partial charge in [-0.3, -0.25) is 0 Å². The van der Waals surface area contributed by atoms with Gasteiger partial charge in [0.25, 0.3) is 0 Å². The fraction of sp³-hybridized carbons (Fsp3) is 0.484. The molecule has 8 bridgehead atoms. The quantitative estimate of drug-likeness (QED) is 0.0897. The average molecular weight is 976 g/mol. The summed E-state index contributed by atoms with van der Waals surface area (Å²) in [6.07, 6.45) is 23.4. The zero-order chi connectivity index (χ0) is 47.7. The van der Waals surface area contributed by atoms with Crippen LogP contribution in [0, 0.1) is 0 Å². The van der Waals surface area contributed by atoms with Crippen molar-refractivity contribution in [3.05, 3.63) is 105 Å². The predicted octanol–water partition coefficient (Wildman–Crippen LogP) is 18.8. The first-order valence-electron chi connectivity index (χ1n) is 27.3. The molecule has 69 heavy (non-hydrogen) atoms. The topological polar surface area (TPSA) is 57.4 Å². The molecule has 3 aromatic carbocycles. The Morgan fingerprint density at radius 2 is 0.652 bits per heavy atom. The van der Waals surface area contributed by atoms with Crippen molar-refractivity contribution in [1.82, 2.24) is 19.9 Å². The van der Waals surface area contributed by atoms with Gasteiger partial charge in [-0.1, -0.05) is 80.1 Å². The molecule has 0 spiro atoms. The van der Waals surface area contributed by atoms with Gasteiger partial charge < -0.3 is 9.97 Å². The first kappa shape index (κ1) is 50.0. The van der Waals surface area contributed by atoms with Crippen LogP contribution in [0.3, 0.4) is 0 Å². The number of fused-ring (bicyclic) bond motifs is 19. The van der Waals surface area contributed by atoms with Gasteiger partial charge in [0.15, 0.2) is 0 Å². The largest absolute Gasteiger partial charge is 0.354 e. The molecule has 3 aliphatic heterocycles. The Morgan fingerprint density at radius 3 is 0.971 bits per heavy atom. The number of thioether (sulfide) groups is 3. The van der Waals surface area contributed by atoms with Gasteiger partial charge in [0.05, 0.1) is 22.8 Å². The van der Waals surface area contributed by atoms with E-state index in [1.807, 2.05) is 23.5 Å². The van der Waals surface area contributed by atoms with Crippen molar-refractivity contribution in [1.29, 1.82) is 0 Å². The molecular formula is C62H78N4S3. The molecule has 3 aromatic heterocycles. The lowest BCUT2D eigenvalue weighted by atomic mass is 9.91. The number of hydrogen-bond donors (Lipinski definition) is 2. The summed E-state index contributed by atoms with van der Waals surface area (Å²) in [6, 6.07) is 24.9. The van der Waals surface area contributed by atoms with E-state index in [4.69, 9.17) is 9.97 Å². The van der Waals surface area contributed by atoms with E-state index >= 15 is 0 Å². The number of H-pyrrole nitrogens is 2. The van der Waals surface area contributed by atoms with Crippen LogP contribution in [-0.4, -0.2) is 42.9 Å². The Morgan fingerprint density at radius 1 is 0.362 bits per heavy atom. The third-order valence-electron chi connectivity index (χ3n) is 14.7. The highest BCUT2D eigenvalue weighted by Gasteiger charge is 2.25. The van der Waals surface area contributed by atoms with Crippen molar-refractivity contribution < 1.29 is 0 Å². The minimum atomic E-state index is 1.06. The van der Waals surface area contributed by atoms with Gasteiger partial charge >= 0.3 is 0 Å². The molecule has 0 radical (unpaired) electrons. The molecule has 3 aliphatic rings. The van der Waals surface area contributed by atoms with Gasteiger partial charge in [-0.15, -0.1) is 23.5 Å². The van der Waals surface area contributed by atoms with Gasteiger partial charge in [-0.25, -0.2) is 9.97 Å². The third-order valence-corrected chi connectivity index (χ3v) is 18.4. The second kappa shape index (κ2) is 24.0. The molecule has 0 amide bonds. The van der Waals surface area contributed by atoms with Crippen LogP contribution in [-0.2, 0) is 38.5 Å². The summed E-state index contributed by atoms with van der Waals surface area (Å²) in [4.78, 5) is 22.3. The summed E-state index contributed by atoms with van der Waals surface area (Å²) < 4.78 is 0. The molecule has 9 rings (SSSR count). The monoisotopic (exact) mass is 975 g/mol. The number of unbranched alkanes of at least 4 members (excludes halogenated alkanes) is 6. The zero-order valence-corrected chi connectivity index (χ0v) is 45.3. The van der Waals surface area contributed by atoms with Gasteiger partial charge in [0.1, 0.15) is 0 Å². The summed E-state index contributed by atoms with van der Waals surface area (Å²) in [5, 5.41) is 5.20. The summed E-state index contributed by atoms with van der Waals surface area (Å²) in [7, 11) is 0. The first-order chi connectivity index (χ1) is 33.9. The number of aryl methyl sites for hydroxylation is 6. The lowest BCUT2D eigenvalue weighted by Crippen LogP contribution is -1.97. The second-order valence-corrected chi connectivity index (χ2v) is 23.5. The zero-order valence-electron chi connectivity index (χ0n) is 42.9. The maximum atomic E-state index is 5.73. The van der Waals surface area contributed by atoms with E-state index in [1.54, 1.807) is 0 Å². The van der Waals surface area contributed by atoms with Gasteiger partial charge in [0, 0.05) is 64.5 Å². The fourth-order valence-electron chi connectivity index (χ4n) is 10.7. The highest BCUT2D eigenvalue weighted by Crippen LogP contribution is 2.47. The van der Waals surface area contributed by atoms with E-state index in [-0.39, 0.29) is 0 Å². The molecule has 2 N–H and O–H groups in total. The van der Waals surface area contributed by atoms with Crippen LogP contribution < -0.4 is 0 Å². The Hall–Kier alpha value is -3.91. The number of nitrogens with one attached hydrogen (secondary N) is 2. The van der Waals surface area contributed by atoms with Crippen LogP contribution in [0.5, 0.6) is 0 Å². The molecule has 0 fully saturated rings. The van der Waals surface area contributed by atoms with Crippen LogP contribution >= 0.6 is 35.3 Å². The highest BCUT2D eigenvalue weighted by molar-refractivity contribution is 8.13. The lowest BCUT2D eigenvalue weighted by Gasteiger charge is -2.13. The van der Waals surface area contributed by atoms with Crippen LogP contribution in [0.4, 0.5) is 0 Å². The minimum Gasteiger partial charge on any atom is -0.354 e. The molecule has 0 atom stereocenters. The molecular weight excluding hydrogens is 897 g/mol. The van der Waals surface area contributed by atoms with Crippen molar-refractivity contribution in [2.24, 2.45) is 0 Å². The summed E-state index contributed by atoms with van der Waals surface area (Å²) in [6.45, 7) is 13.9. The number of benzene rings is 3. The van der Waals surface area contributed by atoms with Crippen LogP contribution in [0.25, 0.3) is 75.9 Å². The predicted molar refractivity (Wildman–Crippen MR) is 310 cm³/mol. The standard InChI is InChI=1S/C62H78N4S3/c1-7-13-21-41-31-47-48(32-42(41)22-14-8-2)54-38-56-50-34-44(24-16-10-4)46(26-18-12-6)36-52(50)58(65-56)40-60-62-61(68-29-19-27-67-28-20-30-69-62)59(66-60)39-57-51-35-45(25-17-11-5)43(23-15-9-3)33-49(51)55(64-57)37-53(47)63-54/h31-40,64-65H,7-30H2,1-6H3. The number of aromatic nitrogens is 4. The number of hydrogen-bond acceptors (Lipinski definition) is 5. The molecule has 364 valence electrons. The van der Waals surface area contributed by atoms with E-state index in [0.29, 0.717) is 0 Å².